The molecule has 0 fully saturated rings. The number of phenols is 2. The van der Waals surface area contributed by atoms with Gasteiger partial charge in [0.2, 0.25) is 0 Å². The minimum absolute atomic E-state index is 0.00591. The van der Waals surface area contributed by atoms with E-state index in [0.29, 0.717) is 11.1 Å². The highest BCUT2D eigenvalue weighted by Crippen LogP contribution is 2.29. The first-order valence-electron chi connectivity index (χ1n) is 7.85. The highest BCUT2D eigenvalue weighted by atomic mass is 19.1. The van der Waals surface area contributed by atoms with Gasteiger partial charge >= 0.3 is 0 Å². The first-order valence-corrected chi connectivity index (χ1v) is 7.85. The van der Waals surface area contributed by atoms with Gasteiger partial charge in [0.25, 0.3) is 5.91 Å². The molecule has 5 nitrogen and oxygen atoms in total. The van der Waals surface area contributed by atoms with Crippen LogP contribution >= 0.6 is 0 Å². The Morgan fingerprint density at radius 3 is 2.35 bits per heavy atom. The van der Waals surface area contributed by atoms with E-state index < -0.39 is 11.7 Å². The van der Waals surface area contributed by atoms with Crippen molar-refractivity contribution in [3.8, 4) is 22.9 Å². The van der Waals surface area contributed by atoms with Crippen molar-refractivity contribution in [2.24, 2.45) is 0 Å². The first kappa shape index (κ1) is 15.8. The van der Waals surface area contributed by atoms with Crippen molar-refractivity contribution in [2.45, 2.75) is 0 Å². The first-order chi connectivity index (χ1) is 12.5. The van der Waals surface area contributed by atoms with Gasteiger partial charge in [0, 0.05) is 11.1 Å². The average molecular weight is 348 g/mol. The maximum Gasteiger partial charge on any atom is 0.264 e. The van der Waals surface area contributed by atoms with E-state index in [1.807, 2.05) is 0 Å². The molecule has 0 spiro atoms. The fourth-order valence-corrected chi connectivity index (χ4v) is 2.89. The van der Waals surface area contributed by atoms with Crippen molar-refractivity contribution in [3.63, 3.8) is 0 Å². The number of aromatic hydroxyl groups is 2. The molecule has 4 aromatic rings. The normalized spacial score (nSPS) is 11.0. The number of carbonyl (C=O) groups excluding carboxylic acids is 1. The summed E-state index contributed by atoms with van der Waals surface area (Å²) in [5, 5.41) is 19.4. The van der Waals surface area contributed by atoms with Crippen LogP contribution in [-0.4, -0.2) is 25.7 Å². The number of benzene rings is 3. The summed E-state index contributed by atoms with van der Waals surface area (Å²) in [6.07, 6.45) is 0. The number of phenolic OH excluding ortho intramolecular Hbond substituents is 2. The molecule has 0 aliphatic heterocycles. The van der Waals surface area contributed by atoms with Gasteiger partial charge in [0.15, 0.2) is 0 Å². The molecule has 4 rings (SSSR count). The molecule has 1 aromatic heterocycles. The Kier molecular flexibility index (Phi) is 3.65. The third-order valence-corrected chi connectivity index (χ3v) is 4.03. The predicted molar refractivity (Wildman–Crippen MR) is 94.6 cm³/mol. The topological polar surface area (TPSA) is 75.3 Å². The molecule has 0 aliphatic rings. The number of fused-ring (bicyclic) bond motifs is 1. The van der Waals surface area contributed by atoms with Crippen LogP contribution in [0.25, 0.3) is 22.4 Å². The van der Waals surface area contributed by atoms with E-state index in [9.17, 15) is 19.4 Å². The lowest BCUT2D eigenvalue weighted by molar-refractivity contribution is 0.0965. The van der Waals surface area contributed by atoms with Crippen LogP contribution in [0.15, 0.2) is 66.7 Å². The molecule has 0 atom stereocenters. The molecule has 1 heterocycles. The zero-order valence-electron chi connectivity index (χ0n) is 13.4. The van der Waals surface area contributed by atoms with Gasteiger partial charge < -0.3 is 10.2 Å². The lowest BCUT2D eigenvalue weighted by Crippen LogP contribution is -2.14. The summed E-state index contributed by atoms with van der Waals surface area (Å²) in [4.78, 5) is 17.5. The number of hydrogen-bond donors (Lipinski definition) is 2. The number of para-hydroxylation sites is 1. The van der Waals surface area contributed by atoms with E-state index in [1.165, 1.54) is 48.5 Å². The second-order valence-electron chi connectivity index (χ2n) is 5.78. The standard InChI is InChI=1S/C20H13FN2O3/c21-16-8-3-9-17-18(16)23(20(26)13-5-2-7-15(25)11-13)19(22-17)12-4-1-6-14(24)10-12/h1-11,24-25H. The Labute approximate surface area is 147 Å². The molecular formula is C20H13FN2O3. The van der Waals surface area contributed by atoms with E-state index >= 15 is 0 Å². The molecule has 3 aromatic carbocycles. The fraction of sp³-hybridized carbons (Fsp3) is 0. The number of carbonyl (C=O) groups is 1. The summed E-state index contributed by atoms with van der Waals surface area (Å²) in [6.45, 7) is 0. The number of aromatic nitrogens is 2. The Bertz CT molecular complexity index is 1150. The van der Waals surface area contributed by atoms with Crippen molar-refractivity contribution in [1.29, 1.82) is 0 Å². The second-order valence-corrected chi connectivity index (χ2v) is 5.78. The second kappa shape index (κ2) is 6.00. The van der Waals surface area contributed by atoms with Gasteiger partial charge in [-0.05, 0) is 42.5 Å². The van der Waals surface area contributed by atoms with Crippen molar-refractivity contribution in [3.05, 3.63) is 78.1 Å². The molecular weight excluding hydrogens is 335 g/mol. The molecule has 0 saturated carbocycles. The third kappa shape index (κ3) is 2.57. The minimum Gasteiger partial charge on any atom is -0.508 e. The average Bonchev–Trinajstić information content (AvgIpc) is 3.02. The molecule has 0 radical (unpaired) electrons. The van der Waals surface area contributed by atoms with Crippen LogP contribution in [0.1, 0.15) is 10.4 Å². The van der Waals surface area contributed by atoms with Gasteiger partial charge in [-0.2, -0.15) is 0 Å². The minimum atomic E-state index is -0.588. The van der Waals surface area contributed by atoms with Crippen LogP contribution in [0.2, 0.25) is 0 Å². The Hall–Kier alpha value is -3.67. The van der Waals surface area contributed by atoms with Crippen LogP contribution in [0.4, 0.5) is 4.39 Å². The van der Waals surface area contributed by atoms with Crippen LogP contribution in [-0.2, 0) is 0 Å². The van der Waals surface area contributed by atoms with E-state index in [-0.39, 0.29) is 28.4 Å². The van der Waals surface area contributed by atoms with Crippen LogP contribution < -0.4 is 0 Å². The monoisotopic (exact) mass is 348 g/mol. The number of halogens is 1. The molecule has 0 aliphatic carbocycles. The predicted octanol–water partition coefficient (Wildman–Crippen LogP) is 3.94. The fourth-order valence-electron chi connectivity index (χ4n) is 2.89. The largest absolute Gasteiger partial charge is 0.508 e. The van der Waals surface area contributed by atoms with Crippen LogP contribution in [0.5, 0.6) is 11.5 Å². The molecule has 0 amide bonds. The quantitative estimate of drug-likeness (QED) is 0.575. The van der Waals surface area contributed by atoms with Gasteiger partial charge in [-0.1, -0.05) is 24.3 Å². The molecule has 6 heteroatoms. The number of rotatable bonds is 2. The zero-order chi connectivity index (χ0) is 18.3. The molecule has 0 unspecified atom stereocenters. The summed E-state index contributed by atoms with van der Waals surface area (Å²) in [6, 6.07) is 16.4. The van der Waals surface area contributed by atoms with Crippen LogP contribution in [0.3, 0.4) is 0 Å². The summed E-state index contributed by atoms with van der Waals surface area (Å²) in [5.41, 5.74) is 1.01. The summed E-state index contributed by atoms with van der Waals surface area (Å²) in [7, 11) is 0. The summed E-state index contributed by atoms with van der Waals surface area (Å²) in [5.74, 6) is -0.984. The van der Waals surface area contributed by atoms with Gasteiger partial charge in [-0.25, -0.2) is 9.37 Å². The number of hydrogen-bond acceptors (Lipinski definition) is 4. The van der Waals surface area contributed by atoms with Crippen molar-refractivity contribution >= 4 is 16.9 Å². The summed E-state index contributed by atoms with van der Waals surface area (Å²) < 4.78 is 15.7. The lowest BCUT2D eigenvalue weighted by atomic mass is 10.1. The van der Waals surface area contributed by atoms with Gasteiger partial charge in [0.05, 0.1) is 5.52 Å². The molecule has 0 bridgehead atoms. The van der Waals surface area contributed by atoms with Gasteiger partial charge in [0.1, 0.15) is 28.7 Å². The number of imidazole rings is 1. The maximum absolute atomic E-state index is 14.5. The van der Waals surface area contributed by atoms with E-state index in [0.717, 1.165) is 4.57 Å². The Balaban J connectivity index is 2.03. The molecule has 2 N–H and O–H groups in total. The Morgan fingerprint density at radius 2 is 1.62 bits per heavy atom. The smallest absolute Gasteiger partial charge is 0.264 e. The SMILES string of the molecule is O=C(c1cccc(O)c1)n1c(-c2cccc(O)c2)nc2cccc(F)c21. The van der Waals surface area contributed by atoms with Crippen molar-refractivity contribution in [2.75, 3.05) is 0 Å². The molecule has 26 heavy (non-hydrogen) atoms. The van der Waals surface area contributed by atoms with Gasteiger partial charge in [-0.15, -0.1) is 0 Å². The third-order valence-electron chi connectivity index (χ3n) is 4.03. The lowest BCUT2D eigenvalue weighted by Gasteiger charge is -2.09. The Morgan fingerprint density at radius 1 is 0.923 bits per heavy atom. The summed E-state index contributed by atoms with van der Waals surface area (Å²) >= 11 is 0. The number of nitrogens with zero attached hydrogens (tertiary/aromatic N) is 2. The van der Waals surface area contributed by atoms with Crippen molar-refractivity contribution < 1.29 is 19.4 Å². The van der Waals surface area contributed by atoms with E-state index in [2.05, 4.69) is 4.98 Å². The van der Waals surface area contributed by atoms with Crippen molar-refractivity contribution in [1.82, 2.24) is 9.55 Å². The van der Waals surface area contributed by atoms with Gasteiger partial charge in [-0.3, -0.25) is 9.36 Å². The highest BCUT2D eigenvalue weighted by molar-refractivity contribution is 6.04. The highest BCUT2D eigenvalue weighted by Gasteiger charge is 2.22. The van der Waals surface area contributed by atoms with Crippen LogP contribution in [0, 0.1) is 5.82 Å². The molecule has 0 saturated heterocycles. The maximum atomic E-state index is 14.5. The molecule has 128 valence electrons. The van der Waals surface area contributed by atoms with E-state index in [4.69, 9.17) is 0 Å². The van der Waals surface area contributed by atoms with E-state index in [1.54, 1.807) is 18.2 Å². The zero-order valence-corrected chi connectivity index (χ0v) is 13.4.